The molecule has 7 heteroatoms. The van der Waals surface area contributed by atoms with Crippen LogP contribution in [0, 0.1) is 0 Å². The number of nitrogens with zero attached hydrogens (tertiary/aromatic N) is 3. The number of nitrogens with one attached hydrogen (secondary N) is 1. The molecule has 0 spiro atoms. The Hall–Kier alpha value is -2.02. The van der Waals surface area contributed by atoms with Crippen LogP contribution in [0.2, 0.25) is 0 Å². The van der Waals surface area contributed by atoms with Gasteiger partial charge < -0.3 is 14.6 Å². The third kappa shape index (κ3) is 3.79. The smallest absolute Gasteiger partial charge is 0.277 e. The Morgan fingerprint density at radius 2 is 2.05 bits per heavy atom. The first-order chi connectivity index (χ1) is 10.6. The van der Waals surface area contributed by atoms with Gasteiger partial charge in [0.05, 0.1) is 5.75 Å². The zero-order valence-electron chi connectivity index (χ0n) is 12.6. The fraction of sp³-hybridized carbons (Fsp3) is 0.400. The Bertz CT molecular complexity index is 650. The highest BCUT2D eigenvalue weighted by Gasteiger charge is 2.29. The first kappa shape index (κ1) is 14.9. The lowest BCUT2D eigenvalue weighted by Crippen LogP contribution is -2.14. The summed E-state index contributed by atoms with van der Waals surface area (Å²) in [6.07, 6.45) is 2.24. The number of carbonyl (C=O) groups is 1. The monoisotopic (exact) mass is 318 g/mol. The van der Waals surface area contributed by atoms with E-state index in [1.54, 1.807) is 0 Å². The number of anilines is 2. The van der Waals surface area contributed by atoms with E-state index < -0.39 is 0 Å². The van der Waals surface area contributed by atoms with Crippen LogP contribution in [-0.2, 0) is 4.79 Å². The van der Waals surface area contributed by atoms with Crippen LogP contribution in [-0.4, -0.2) is 36.0 Å². The van der Waals surface area contributed by atoms with E-state index in [2.05, 4.69) is 15.5 Å². The van der Waals surface area contributed by atoms with Crippen molar-refractivity contribution >= 4 is 29.0 Å². The summed E-state index contributed by atoms with van der Waals surface area (Å²) in [5.41, 5.74) is 1.87. The van der Waals surface area contributed by atoms with Crippen LogP contribution in [0.15, 0.2) is 33.9 Å². The molecule has 0 aliphatic heterocycles. The third-order valence-electron chi connectivity index (χ3n) is 3.34. The van der Waals surface area contributed by atoms with E-state index in [1.807, 2.05) is 43.3 Å². The van der Waals surface area contributed by atoms with Crippen molar-refractivity contribution < 1.29 is 9.21 Å². The average molecular weight is 318 g/mol. The van der Waals surface area contributed by atoms with Gasteiger partial charge >= 0.3 is 0 Å². The maximum Gasteiger partial charge on any atom is 0.277 e. The highest BCUT2D eigenvalue weighted by atomic mass is 32.2. The molecule has 1 amide bonds. The molecule has 22 heavy (non-hydrogen) atoms. The van der Waals surface area contributed by atoms with Gasteiger partial charge in [-0.3, -0.25) is 4.79 Å². The molecule has 1 aliphatic rings. The molecule has 2 aromatic rings. The predicted octanol–water partition coefficient (Wildman–Crippen LogP) is 2.74. The Kier molecular flexibility index (Phi) is 4.33. The van der Waals surface area contributed by atoms with Crippen LogP contribution >= 0.6 is 11.8 Å². The largest absolute Gasteiger partial charge is 0.416 e. The summed E-state index contributed by atoms with van der Waals surface area (Å²) in [6, 6.07) is 7.69. The molecule has 0 unspecified atom stereocenters. The van der Waals surface area contributed by atoms with Crippen LogP contribution in [0.4, 0.5) is 11.4 Å². The molecule has 0 saturated heterocycles. The van der Waals surface area contributed by atoms with Gasteiger partial charge in [-0.1, -0.05) is 11.8 Å². The number of amides is 1. The predicted molar refractivity (Wildman–Crippen MR) is 86.4 cm³/mol. The molecular weight excluding hydrogens is 300 g/mol. The SMILES string of the molecule is CN(C)c1ccc(NC(=O)CSc2nnc(C3CC3)o2)cc1. The van der Waals surface area contributed by atoms with Crippen molar-refractivity contribution in [3.63, 3.8) is 0 Å². The lowest BCUT2D eigenvalue weighted by atomic mass is 10.2. The van der Waals surface area contributed by atoms with Crippen molar-refractivity contribution in [2.45, 2.75) is 24.0 Å². The molecule has 1 saturated carbocycles. The zero-order chi connectivity index (χ0) is 15.5. The van der Waals surface area contributed by atoms with Crippen molar-refractivity contribution in [2.24, 2.45) is 0 Å². The van der Waals surface area contributed by atoms with Crippen LogP contribution in [0.5, 0.6) is 0 Å². The van der Waals surface area contributed by atoms with E-state index in [0.29, 0.717) is 17.0 Å². The van der Waals surface area contributed by atoms with Gasteiger partial charge in [0.2, 0.25) is 11.8 Å². The summed E-state index contributed by atoms with van der Waals surface area (Å²) >= 11 is 1.26. The maximum atomic E-state index is 11.9. The minimum atomic E-state index is -0.0891. The normalized spacial score (nSPS) is 13.9. The minimum Gasteiger partial charge on any atom is -0.416 e. The summed E-state index contributed by atoms with van der Waals surface area (Å²) in [5.74, 6) is 1.30. The molecule has 1 aromatic carbocycles. The van der Waals surface area contributed by atoms with Crippen LogP contribution < -0.4 is 10.2 Å². The molecule has 1 fully saturated rings. The summed E-state index contributed by atoms with van der Waals surface area (Å²) in [4.78, 5) is 13.9. The second kappa shape index (κ2) is 6.39. The summed E-state index contributed by atoms with van der Waals surface area (Å²) in [5, 5.41) is 11.3. The number of aromatic nitrogens is 2. The molecule has 0 atom stereocenters. The van der Waals surface area contributed by atoms with Gasteiger partial charge in [-0.25, -0.2) is 0 Å². The molecule has 6 nitrogen and oxygen atoms in total. The van der Waals surface area contributed by atoms with Gasteiger partial charge in [0.25, 0.3) is 5.22 Å². The second-order valence-corrected chi connectivity index (χ2v) is 6.39. The van der Waals surface area contributed by atoms with E-state index in [4.69, 9.17) is 4.42 Å². The molecule has 0 bridgehead atoms. The minimum absolute atomic E-state index is 0.0891. The highest BCUT2D eigenvalue weighted by Crippen LogP contribution is 2.39. The first-order valence-electron chi connectivity index (χ1n) is 7.15. The van der Waals surface area contributed by atoms with Gasteiger partial charge in [0.1, 0.15) is 0 Å². The summed E-state index contributed by atoms with van der Waals surface area (Å²) in [7, 11) is 3.95. The summed E-state index contributed by atoms with van der Waals surface area (Å²) < 4.78 is 5.51. The number of carbonyl (C=O) groups excluding carboxylic acids is 1. The molecule has 116 valence electrons. The topological polar surface area (TPSA) is 71.3 Å². The fourth-order valence-corrected chi connectivity index (χ4v) is 2.51. The number of benzene rings is 1. The Morgan fingerprint density at radius 1 is 1.32 bits per heavy atom. The lowest BCUT2D eigenvalue weighted by Gasteiger charge is -2.12. The van der Waals surface area contributed by atoms with E-state index in [1.165, 1.54) is 11.8 Å². The maximum absolute atomic E-state index is 11.9. The van der Waals surface area contributed by atoms with Gasteiger partial charge in [-0.05, 0) is 37.1 Å². The van der Waals surface area contributed by atoms with Crippen molar-refractivity contribution in [2.75, 3.05) is 30.1 Å². The van der Waals surface area contributed by atoms with Crippen molar-refractivity contribution in [3.8, 4) is 0 Å². The van der Waals surface area contributed by atoms with E-state index in [0.717, 1.165) is 24.2 Å². The highest BCUT2D eigenvalue weighted by molar-refractivity contribution is 7.99. The standard InChI is InChI=1S/C15H18N4O2S/c1-19(2)12-7-5-11(6-8-12)16-13(20)9-22-15-18-17-14(21-15)10-3-4-10/h5-8,10H,3-4,9H2,1-2H3,(H,16,20). The van der Waals surface area contributed by atoms with E-state index in [9.17, 15) is 4.79 Å². The van der Waals surface area contributed by atoms with Crippen molar-refractivity contribution in [1.82, 2.24) is 10.2 Å². The van der Waals surface area contributed by atoms with Gasteiger partial charge in [-0.2, -0.15) is 0 Å². The molecule has 3 rings (SSSR count). The second-order valence-electron chi connectivity index (χ2n) is 5.46. The Balaban J connectivity index is 1.48. The van der Waals surface area contributed by atoms with Crippen molar-refractivity contribution in [3.05, 3.63) is 30.2 Å². The quantitative estimate of drug-likeness (QED) is 0.826. The molecule has 1 heterocycles. The molecule has 1 aromatic heterocycles. The molecule has 1 aliphatic carbocycles. The number of thioether (sulfide) groups is 1. The zero-order valence-corrected chi connectivity index (χ0v) is 13.4. The average Bonchev–Trinajstić information content (AvgIpc) is 3.25. The van der Waals surface area contributed by atoms with E-state index in [-0.39, 0.29) is 11.7 Å². The summed E-state index contributed by atoms with van der Waals surface area (Å²) in [6.45, 7) is 0. The van der Waals surface area contributed by atoms with Crippen LogP contribution in [0.25, 0.3) is 0 Å². The van der Waals surface area contributed by atoms with Crippen LogP contribution in [0.3, 0.4) is 0 Å². The number of rotatable bonds is 6. The van der Waals surface area contributed by atoms with Gasteiger partial charge in [-0.15, -0.1) is 10.2 Å². The first-order valence-corrected chi connectivity index (χ1v) is 8.14. The van der Waals surface area contributed by atoms with Crippen LogP contribution in [0.1, 0.15) is 24.7 Å². The van der Waals surface area contributed by atoms with Crippen molar-refractivity contribution in [1.29, 1.82) is 0 Å². The van der Waals surface area contributed by atoms with E-state index >= 15 is 0 Å². The Labute approximate surface area is 133 Å². The third-order valence-corrected chi connectivity index (χ3v) is 4.16. The number of hydrogen-bond donors (Lipinski definition) is 1. The number of hydrogen-bond acceptors (Lipinski definition) is 6. The molecular formula is C15H18N4O2S. The molecule has 0 radical (unpaired) electrons. The van der Waals surface area contributed by atoms with Gasteiger partial charge in [0.15, 0.2) is 0 Å². The lowest BCUT2D eigenvalue weighted by molar-refractivity contribution is -0.113. The fourth-order valence-electron chi connectivity index (χ4n) is 1.94. The van der Waals surface area contributed by atoms with Gasteiger partial charge in [0, 0.05) is 31.4 Å². The molecule has 1 N–H and O–H groups in total. The Morgan fingerprint density at radius 3 is 2.68 bits per heavy atom.